The maximum absolute atomic E-state index is 11.4. The maximum atomic E-state index is 11.4. The summed E-state index contributed by atoms with van der Waals surface area (Å²) in [5.74, 6) is 1.16. The van der Waals surface area contributed by atoms with E-state index in [1.807, 2.05) is 12.1 Å². The first-order valence-electron chi connectivity index (χ1n) is 6.70. The summed E-state index contributed by atoms with van der Waals surface area (Å²) in [7, 11) is 3.05. The van der Waals surface area contributed by atoms with Crippen LogP contribution in [0, 0.1) is 0 Å². The number of aromatic amines is 1. The van der Waals surface area contributed by atoms with Crippen molar-refractivity contribution in [1.29, 1.82) is 0 Å². The molecule has 0 spiro atoms. The molecule has 5 heteroatoms. The first-order valence-corrected chi connectivity index (χ1v) is 6.70. The summed E-state index contributed by atoms with van der Waals surface area (Å²) >= 11 is 0. The van der Waals surface area contributed by atoms with E-state index in [0.717, 1.165) is 17.2 Å². The highest BCUT2D eigenvalue weighted by atomic mass is 16.5. The van der Waals surface area contributed by atoms with Gasteiger partial charge in [-0.05, 0) is 6.07 Å². The molecule has 0 amide bonds. The standard InChI is InChI=1S/C17H15NO4/c1-21-14-7-15(22-2)16-11(8-18-17(16)12(14)9-19)10-5-3-4-6-13(10)20/h3-9,18,20H,1-2H3. The molecule has 1 heterocycles. The highest BCUT2D eigenvalue weighted by Crippen LogP contribution is 2.42. The van der Waals surface area contributed by atoms with E-state index < -0.39 is 0 Å². The van der Waals surface area contributed by atoms with E-state index in [2.05, 4.69) is 4.98 Å². The second-order valence-corrected chi connectivity index (χ2v) is 4.78. The molecule has 0 bridgehead atoms. The van der Waals surface area contributed by atoms with Gasteiger partial charge in [0.2, 0.25) is 0 Å². The van der Waals surface area contributed by atoms with Crippen LogP contribution in [0.5, 0.6) is 17.2 Å². The fraction of sp³-hybridized carbons (Fsp3) is 0.118. The van der Waals surface area contributed by atoms with Gasteiger partial charge < -0.3 is 19.6 Å². The van der Waals surface area contributed by atoms with Crippen molar-refractivity contribution in [3.05, 3.63) is 42.1 Å². The molecule has 0 unspecified atom stereocenters. The molecule has 3 aromatic rings. The molecule has 0 aliphatic rings. The summed E-state index contributed by atoms with van der Waals surface area (Å²) in [4.78, 5) is 14.5. The second kappa shape index (κ2) is 5.44. The minimum Gasteiger partial charge on any atom is -0.507 e. The fourth-order valence-corrected chi connectivity index (χ4v) is 2.64. The Balaban J connectivity index is 2.40. The normalized spacial score (nSPS) is 10.6. The molecule has 112 valence electrons. The van der Waals surface area contributed by atoms with Crippen LogP contribution in [-0.4, -0.2) is 30.6 Å². The molecular weight excluding hydrogens is 282 g/mol. The Bertz CT molecular complexity index is 851. The number of aromatic nitrogens is 1. The van der Waals surface area contributed by atoms with Gasteiger partial charge in [0.15, 0.2) is 6.29 Å². The Labute approximate surface area is 127 Å². The minimum atomic E-state index is 0.161. The number of hydrogen-bond donors (Lipinski definition) is 2. The van der Waals surface area contributed by atoms with Crippen LogP contribution in [0.2, 0.25) is 0 Å². The number of phenolic OH excluding ortho intramolecular Hbond substituents is 1. The Hall–Kier alpha value is -2.95. The van der Waals surface area contributed by atoms with Crippen molar-refractivity contribution in [2.45, 2.75) is 0 Å². The second-order valence-electron chi connectivity index (χ2n) is 4.78. The number of methoxy groups -OCH3 is 2. The van der Waals surface area contributed by atoms with Crippen LogP contribution >= 0.6 is 0 Å². The number of H-pyrrole nitrogens is 1. The average molecular weight is 297 g/mol. The molecule has 22 heavy (non-hydrogen) atoms. The quantitative estimate of drug-likeness (QED) is 0.724. The number of para-hydroxylation sites is 1. The van der Waals surface area contributed by atoms with Gasteiger partial charge in [0, 0.05) is 23.4 Å². The van der Waals surface area contributed by atoms with Gasteiger partial charge in [-0.3, -0.25) is 4.79 Å². The highest BCUT2D eigenvalue weighted by molar-refractivity contribution is 6.09. The van der Waals surface area contributed by atoms with Crippen LogP contribution in [-0.2, 0) is 0 Å². The summed E-state index contributed by atoms with van der Waals surface area (Å²) in [6, 6.07) is 8.69. The first kappa shape index (κ1) is 14.0. The summed E-state index contributed by atoms with van der Waals surface area (Å²) < 4.78 is 10.7. The smallest absolute Gasteiger partial charge is 0.155 e. The summed E-state index contributed by atoms with van der Waals surface area (Å²) in [5.41, 5.74) is 2.45. The number of nitrogens with one attached hydrogen (secondary N) is 1. The van der Waals surface area contributed by atoms with Crippen molar-refractivity contribution in [3.8, 4) is 28.4 Å². The van der Waals surface area contributed by atoms with E-state index in [1.54, 1.807) is 31.5 Å². The largest absolute Gasteiger partial charge is 0.507 e. The molecule has 0 atom stereocenters. The van der Waals surface area contributed by atoms with Gasteiger partial charge in [0.05, 0.1) is 30.7 Å². The Morgan fingerprint density at radius 2 is 1.82 bits per heavy atom. The van der Waals surface area contributed by atoms with Gasteiger partial charge in [-0.1, -0.05) is 18.2 Å². The minimum absolute atomic E-state index is 0.161. The van der Waals surface area contributed by atoms with Crippen LogP contribution in [0.4, 0.5) is 0 Å². The number of benzene rings is 2. The topological polar surface area (TPSA) is 71.5 Å². The van der Waals surface area contributed by atoms with Crippen LogP contribution in [0.15, 0.2) is 36.5 Å². The molecule has 5 nitrogen and oxygen atoms in total. The summed E-state index contributed by atoms with van der Waals surface area (Å²) in [6.07, 6.45) is 2.49. The van der Waals surface area contributed by atoms with Gasteiger partial charge in [-0.2, -0.15) is 0 Å². The van der Waals surface area contributed by atoms with Gasteiger partial charge in [-0.15, -0.1) is 0 Å². The highest BCUT2D eigenvalue weighted by Gasteiger charge is 2.19. The average Bonchev–Trinajstić information content (AvgIpc) is 2.98. The van der Waals surface area contributed by atoms with E-state index >= 15 is 0 Å². The van der Waals surface area contributed by atoms with Crippen molar-refractivity contribution >= 4 is 17.2 Å². The third-order valence-electron chi connectivity index (χ3n) is 3.68. The number of hydrogen-bond acceptors (Lipinski definition) is 4. The molecule has 2 aromatic carbocycles. The fourth-order valence-electron chi connectivity index (χ4n) is 2.64. The predicted molar refractivity (Wildman–Crippen MR) is 83.9 cm³/mol. The lowest BCUT2D eigenvalue weighted by atomic mass is 10.0. The monoisotopic (exact) mass is 297 g/mol. The molecular formula is C17H15NO4. The van der Waals surface area contributed by atoms with Gasteiger partial charge >= 0.3 is 0 Å². The van der Waals surface area contributed by atoms with E-state index in [4.69, 9.17) is 9.47 Å². The first-order chi connectivity index (χ1) is 10.7. The molecule has 2 N–H and O–H groups in total. The molecule has 0 radical (unpaired) electrons. The molecule has 0 aliphatic carbocycles. The number of rotatable bonds is 4. The molecule has 0 fully saturated rings. The van der Waals surface area contributed by atoms with Crippen molar-refractivity contribution in [2.24, 2.45) is 0 Å². The Morgan fingerprint density at radius 1 is 1.09 bits per heavy atom. The number of ether oxygens (including phenoxy) is 2. The third kappa shape index (κ3) is 1.98. The number of aromatic hydroxyl groups is 1. The number of phenols is 1. The van der Waals surface area contributed by atoms with Crippen molar-refractivity contribution in [3.63, 3.8) is 0 Å². The zero-order chi connectivity index (χ0) is 15.7. The summed E-state index contributed by atoms with van der Waals surface area (Å²) in [6.45, 7) is 0. The lowest BCUT2D eigenvalue weighted by Crippen LogP contribution is -1.95. The van der Waals surface area contributed by atoms with Crippen LogP contribution in [0.3, 0.4) is 0 Å². The zero-order valence-electron chi connectivity index (χ0n) is 12.2. The lowest BCUT2D eigenvalue weighted by molar-refractivity contribution is 0.112. The van der Waals surface area contributed by atoms with Crippen LogP contribution < -0.4 is 9.47 Å². The third-order valence-corrected chi connectivity index (χ3v) is 3.68. The van der Waals surface area contributed by atoms with Crippen LogP contribution in [0.25, 0.3) is 22.0 Å². The summed E-state index contributed by atoms with van der Waals surface area (Å²) in [5, 5.41) is 10.8. The molecule has 0 aliphatic heterocycles. The van der Waals surface area contributed by atoms with Gasteiger partial charge in [0.25, 0.3) is 0 Å². The maximum Gasteiger partial charge on any atom is 0.155 e. The number of carbonyl (C=O) groups is 1. The van der Waals surface area contributed by atoms with Crippen LogP contribution in [0.1, 0.15) is 10.4 Å². The van der Waals surface area contributed by atoms with Crippen molar-refractivity contribution < 1.29 is 19.4 Å². The zero-order valence-corrected chi connectivity index (χ0v) is 12.2. The molecule has 0 saturated heterocycles. The van der Waals surface area contributed by atoms with Gasteiger partial charge in [-0.25, -0.2) is 0 Å². The van der Waals surface area contributed by atoms with E-state index in [9.17, 15) is 9.90 Å². The van der Waals surface area contributed by atoms with Crippen molar-refractivity contribution in [2.75, 3.05) is 14.2 Å². The van der Waals surface area contributed by atoms with Crippen molar-refractivity contribution in [1.82, 2.24) is 4.98 Å². The van der Waals surface area contributed by atoms with E-state index in [0.29, 0.717) is 28.1 Å². The van der Waals surface area contributed by atoms with E-state index in [-0.39, 0.29) is 5.75 Å². The van der Waals surface area contributed by atoms with E-state index in [1.165, 1.54) is 7.11 Å². The van der Waals surface area contributed by atoms with Gasteiger partial charge in [0.1, 0.15) is 17.2 Å². The predicted octanol–water partition coefficient (Wildman–Crippen LogP) is 3.37. The lowest BCUT2D eigenvalue weighted by Gasteiger charge is -2.11. The number of carbonyl (C=O) groups excluding carboxylic acids is 1. The Morgan fingerprint density at radius 3 is 2.45 bits per heavy atom. The number of fused-ring (bicyclic) bond motifs is 1. The number of aldehydes is 1. The Kier molecular flexibility index (Phi) is 3.47. The molecule has 0 saturated carbocycles. The molecule has 3 rings (SSSR count). The molecule has 1 aromatic heterocycles. The SMILES string of the molecule is COc1cc(OC)c2c(-c3ccccc3O)c[nH]c2c1C=O.